The molecule has 2 spiro atoms. The molecule has 0 atom stereocenters. The maximum atomic E-state index is 6.79. The fraction of sp³-hybridized carbons (Fsp3) is 0.0278. The Hall–Kier alpha value is -9.15. The number of anilines is 3. The van der Waals surface area contributed by atoms with Crippen molar-refractivity contribution < 1.29 is 4.74 Å². The molecular formula is C72H45NOS. The smallest absolute Gasteiger partial charge is 0.132 e. The van der Waals surface area contributed by atoms with Crippen molar-refractivity contribution in [2.24, 2.45) is 0 Å². The highest BCUT2D eigenvalue weighted by Crippen LogP contribution is 2.67. The highest BCUT2D eigenvalue weighted by Gasteiger charge is 2.54. The zero-order valence-electron chi connectivity index (χ0n) is 40.7. The number of nitrogens with zero attached hydrogens (tertiary/aromatic N) is 1. The van der Waals surface area contributed by atoms with Crippen LogP contribution >= 0.6 is 11.8 Å². The summed E-state index contributed by atoms with van der Waals surface area (Å²) in [5.74, 6) is 1.77. The molecule has 0 fully saturated rings. The average Bonchev–Trinajstić information content (AvgIpc) is 4.06. The van der Waals surface area contributed by atoms with E-state index in [0.717, 1.165) is 39.7 Å². The van der Waals surface area contributed by atoms with Crippen molar-refractivity contribution in [1.29, 1.82) is 0 Å². The zero-order chi connectivity index (χ0) is 49.2. The SMILES string of the molecule is c1ccc(-c2ccc(-c3ccc(N(c4cccc5c4-c4ccccc4C54c5ccccc5Oc5ccccc54)c4cccc5c4-c4cc6ccccc6cc4C54c5ccccc5Sc5ccccc54)cc3)cc2)cc1. The number of ether oxygens (including phenoxy) is 1. The second kappa shape index (κ2) is 16.2. The minimum absolute atomic E-state index is 0.574. The van der Waals surface area contributed by atoms with Crippen LogP contribution in [0.2, 0.25) is 0 Å². The molecule has 4 aliphatic rings. The van der Waals surface area contributed by atoms with Crippen LogP contribution in [0, 0.1) is 0 Å². The van der Waals surface area contributed by atoms with Crippen LogP contribution in [0.25, 0.3) is 55.3 Å². The topological polar surface area (TPSA) is 12.5 Å². The second-order valence-electron chi connectivity index (χ2n) is 20.2. The molecule has 0 radical (unpaired) electrons. The van der Waals surface area contributed by atoms with Gasteiger partial charge in [-0.3, -0.25) is 0 Å². The first-order valence-corrected chi connectivity index (χ1v) is 26.7. The lowest BCUT2D eigenvalue weighted by Gasteiger charge is -2.40. The normalized spacial score (nSPS) is 14.1. The van der Waals surface area contributed by atoms with Gasteiger partial charge in [-0.25, -0.2) is 0 Å². The molecule has 2 nitrogen and oxygen atoms in total. The van der Waals surface area contributed by atoms with E-state index >= 15 is 0 Å². The number of benzene rings is 12. The van der Waals surface area contributed by atoms with Gasteiger partial charge in [0.1, 0.15) is 11.5 Å². The summed E-state index contributed by atoms with van der Waals surface area (Å²) in [5, 5.41) is 2.46. The van der Waals surface area contributed by atoms with Crippen molar-refractivity contribution in [3.8, 4) is 56.0 Å². The zero-order valence-corrected chi connectivity index (χ0v) is 41.6. The van der Waals surface area contributed by atoms with Crippen LogP contribution in [0.1, 0.15) is 44.5 Å². The van der Waals surface area contributed by atoms with Gasteiger partial charge in [0.25, 0.3) is 0 Å². The Kier molecular flexibility index (Phi) is 9.14. The van der Waals surface area contributed by atoms with Gasteiger partial charge in [0.2, 0.25) is 0 Å². The quantitative estimate of drug-likeness (QED) is 0.171. The number of hydrogen-bond donors (Lipinski definition) is 0. The minimum atomic E-state index is -0.629. The highest BCUT2D eigenvalue weighted by molar-refractivity contribution is 7.99. The number of rotatable bonds is 5. The van der Waals surface area contributed by atoms with E-state index in [2.05, 4.69) is 278 Å². The van der Waals surface area contributed by atoms with Crippen LogP contribution in [0.4, 0.5) is 17.1 Å². The van der Waals surface area contributed by atoms with E-state index in [1.807, 2.05) is 11.8 Å². The van der Waals surface area contributed by atoms with Crippen molar-refractivity contribution >= 4 is 39.6 Å². The van der Waals surface area contributed by atoms with Gasteiger partial charge in [0.15, 0.2) is 0 Å². The van der Waals surface area contributed by atoms with Gasteiger partial charge in [0.05, 0.1) is 22.2 Å². The van der Waals surface area contributed by atoms with Crippen LogP contribution in [0.15, 0.2) is 283 Å². The number of hydrogen-bond acceptors (Lipinski definition) is 3. The van der Waals surface area contributed by atoms with Crippen molar-refractivity contribution in [2.75, 3.05) is 4.90 Å². The summed E-state index contributed by atoms with van der Waals surface area (Å²) < 4.78 is 6.79. The fourth-order valence-electron chi connectivity index (χ4n) is 13.6. The Labute approximate surface area is 440 Å². The van der Waals surface area contributed by atoms with Gasteiger partial charge < -0.3 is 9.64 Å². The third-order valence-corrected chi connectivity index (χ3v) is 17.7. The molecule has 3 heteroatoms. The summed E-state index contributed by atoms with van der Waals surface area (Å²) in [6.45, 7) is 0. The van der Waals surface area contributed by atoms with E-state index in [1.165, 1.54) is 98.5 Å². The molecule has 0 saturated carbocycles. The summed E-state index contributed by atoms with van der Waals surface area (Å²) in [4.78, 5) is 5.16. The van der Waals surface area contributed by atoms with Gasteiger partial charge in [-0.15, -0.1) is 0 Å². The molecule has 2 heterocycles. The van der Waals surface area contributed by atoms with E-state index in [1.54, 1.807) is 0 Å². The third-order valence-electron chi connectivity index (χ3n) is 16.6. The average molecular weight is 972 g/mol. The molecule has 0 saturated heterocycles. The Morgan fingerprint density at radius 3 is 1.32 bits per heavy atom. The van der Waals surface area contributed by atoms with Gasteiger partial charge in [-0.2, -0.15) is 0 Å². The summed E-state index contributed by atoms with van der Waals surface area (Å²) in [5.41, 5.74) is 21.9. The molecule has 75 heavy (non-hydrogen) atoms. The van der Waals surface area contributed by atoms with Crippen molar-refractivity contribution in [2.45, 2.75) is 20.6 Å². The molecular weight excluding hydrogens is 927 g/mol. The maximum absolute atomic E-state index is 6.79. The molecule has 12 aromatic carbocycles. The molecule has 2 aliphatic heterocycles. The first kappa shape index (κ1) is 42.4. The molecule has 0 N–H and O–H groups in total. The predicted molar refractivity (Wildman–Crippen MR) is 308 cm³/mol. The first-order chi connectivity index (χ1) is 37.2. The van der Waals surface area contributed by atoms with Gasteiger partial charge in [-0.05, 0) is 138 Å². The van der Waals surface area contributed by atoms with E-state index in [0.29, 0.717) is 0 Å². The van der Waals surface area contributed by atoms with Gasteiger partial charge >= 0.3 is 0 Å². The van der Waals surface area contributed by atoms with Crippen molar-refractivity contribution in [3.63, 3.8) is 0 Å². The number of para-hydroxylation sites is 2. The standard InChI is InChI=1S/C72H45NOS/c1-2-18-46(19-3-1)47-36-38-48(39-37-47)49-40-42-52(43-41-49)73(63-30-16-28-60-69(63)53-22-6-7-23-55(53)71(60)56-24-8-12-32-65(56)74-66-33-13-9-25-57(66)71)64-31-17-29-61-70(64)54-44-50-20-4-5-21-51(50)45-62(54)72(61)58-26-10-14-34-67(58)75-68-35-15-11-27-59(68)72/h1-45H. The van der Waals surface area contributed by atoms with E-state index in [4.69, 9.17) is 4.74 Å². The van der Waals surface area contributed by atoms with Crippen LogP contribution in [-0.2, 0) is 10.8 Å². The largest absolute Gasteiger partial charge is 0.457 e. The van der Waals surface area contributed by atoms with E-state index in [9.17, 15) is 0 Å². The molecule has 0 bridgehead atoms. The molecule has 2 aliphatic carbocycles. The lowest BCUT2D eigenvalue weighted by molar-refractivity contribution is 0.436. The molecule has 0 unspecified atom stereocenters. The Morgan fingerprint density at radius 2 is 0.720 bits per heavy atom. The predicted octanol–water partition coefficient (Wildman–Crippen LogP) is 18.9. The maximum Gasteiger partial charge on any atom is 0.132 e. The molecule has 0 amide bonds. The van der Waals surface area contributed by atoms with Crippen LogP contribution in [0.5, 0.6) is 11.5 Å². The number of fused-ring (bicyclic) bond motifs is 19. The summed E-state index contributed by atoms with van der Waals surface area (Å²) >= 11 is 1.89. The third kappa shape index (κ3) is 5.87. The van der Waals surface area contributed by atoms with E-state index in [-0.39, 0.29) is 0 Å². The summed E-state index contributed by atoms with van der Waals surface area (Å²) in [6.07, 6.45) is 0. The monoisotopic (exact) mass is 971 g/mol. The fourth-order valence-corrected chi connectivity index (χ4v) is 14.8. The molecule has 12 aromatic rings. The highest BCUT2D eigenvalue weighted by atomic mass is 32.2. The van der Waals surface area contributed by atoms with E-state index < -0.39 is 10.8 Å². The molecule has 0 aromatic heterocycles. The summed E-state index contributed by atoms with van der Waals surface area (Å²) in [7, 11) is 0. The van der Waals surface area contributed by atoms with Crippen LogP contribution in [0.3, 0.4) is 0 Å². The van der Waals surface area contributed by atoms with Crippen LogP contribution < -0.4 is 9.64 Å². The van der Waals surface area contributed by atoms with Gasteiger partial charge in [-0.1, -0.05) is 224 Å². The lowest BCUT2D eigenvalue weighted by atomic mass is 9.66. The Morgan fingerprint density at radius 1 is 0.293 bits per heavy atom. The lowest BCUT2D eigenvalue weighted by Crippen LogP contribution is -2.32. The minimum Gasteiger partial charge on any atom is -0.457 e. The van der Waals surface area contributed by atoms with Gasteiger partial charge in [0, 0.05) is 37.7 Å². The summed E-state index contributed by atoms with van der Waals surface area (Å²) in [6, 6.07) is 102. The molecule has 350 valence electrons. The van der Waals surface area contributed by atoms with Crippen LogP contribution in [-0.4, -0.2) is 0 Å². The second-order valence-corrected chi connectivity index (χ2v) is 21.3. The molecule has 16 rings (SSSR count). The van der Waals surface area contributed by atoms with Crippen molar-refractivity contribution in [1.82, 2.24) is 0 Å². The Balaban J connectivity index is 0.990. The van der Waals surface area contributed by atoms with Crippen molar-refractivity contribution in [3.05, 3.63) is 317 Å². The Bertz CT molecular complexity index is 4220. The first-order valence-electron chi connectivity index (χ1n) is 25.9.